The molecule has 11 heavy (non-hydrogen) atoms. The smallest absolute Gasteiger partial charge is 0.766 e. The molecule has 0 radical (unpaired) electrons. The minimum absolute atomic E-state index is 0. The molecule has 1 unspecified atom stereocenters. The third kappa shape index (κ3) is 9.15. The number of hydrogen-bond donors (Lipinski definition) is 1. The minimum atomic E-state index is -4.28. The van der Waals surface area contributed by atoms with Crippen LogP contribution in [-0.4, -0.2) is 6.04 Å². The van der Waals surface area contributed by atoms with Crippen LogP contribution in [0.4, 0.5) is 0 Å². The summed E-state index contributed by atoms with van der Waals surface area (Å²) in [6, 6.07) is -0.129. The SMILES string of the molecule is CC(C)NOP(=O)([O-])C#N.[K+]. The van der Waals surface area contributed by atoms with Crippen LogP contribution in [0.2, 0.25) is 0 Å². The summed E-state index contributed by atoms with van der Waals surface area (Å²) in [5.41, 5.74) is 2.14. The van der Waals surface area contributed by atoms with Crippen LogP contribution in [0.1, 0.15) is 13.8 Å². The predicted molar refractivity (Wildman–Crippen MR) is 32.6 cm³/mol. The molecule has 0 rings (SSSR count). The van der Waals surface area contributed by atoms with Crippen molar-refractivity contribution in [1.29, 1.82) is 5.26 Å². The Balaban J connectivity index is 0. The van der Waals surface area contributed by atoms with Crippen molar-refractivity contribution in [1.82, 2.24) is 5.48 Å². The number of nitrogens with zero attached hydrogens (tertiary/aromatic N) is 1. The van der Waals surface area contributed by atoms with Crippen molar-refractivity contribution in [2.75, 3.05) is 0 Å². The van der Waals surface area contributed by atoms with Gasteiger partial charge >= 0.3 is 51.4 Å². The molecule has 0 saturated carbocycles. The van der Waals surface area contributed by atoms with E-state index in [1.54, 1.807) is 13.8 Å². The summed E-state index contributed by atoms with van der Waals surface area (Å²) in [5, 5.41) is 7.92. The summed E-state index contributed by atoms with van der Waals surface area (Å²) in [6.45, 7) is 3.38. The van der Waals surface area contributed by atoms with Gasteiger partial charge < -0.3 is 4.89 Å². The fourth-order valence-corrected chi connectivity index (χ4v) is 0.586. The van der Waals surface area contributed by atoms with Crippen molar-refractivity contribution in [2.45, 2.75) is 19.9 Å². The van der Waals surface area contributed by atoms with Crippen molar-refractivity contribution in [3.63, 3.8) is 0 Å². The Bertz CT molecular complexity index is 190. The summed E-state index contributed by atoms with van der Waals surface area (Å²) in [6.07, 6.45) is 0. The fraction of sp³-hybridized carbons (Fsp3) is 0.750. The largest absolute Gasteiger partial charge is 1.00 e. The Morgan fingerprint density at radius 2 is 2.18 bits per heavy atom. The van der Waals surface area contributed by atoms with Crippen molar-refractivity contribution in [3.05, 3.63) is 0 Å². The first-order valence-electron chi connectivity index (χ1n) is 2.64. The van der Waals surface area contributed by atoms with Crippen molar-refractivity contribution >= 4 is 7.60 Å². The van der Waals surface area contributed by atoms with Crippen molar-refractivity contribution < 1.29 is 65.5 Å². The van der Waals surface area contributed by atoms with Gasteiger partial charge in [-0.2, -0.15) is 10.7 Å². The van der Waals surface area contributed by atoms with Crippen LogP contribution in [0.3, 0.4) is 0 Å². The van der Waals surface area contributed by atoms with E-state index in [0.29, 0.717) is 0 Å². The number of nitriles is 1. The van der Waals surface area contributed by atoms with Crippen LogP contribution in [0, 0.1) is 11.1 Å². The van der Waals surface area contributed by atoms with E-state index in [9.17, 15) is 9.46 Å². The molecule has 0 spiro atoms. The van der Waals surface area contributed by atoms with Crippen LogP contribution in [-0.2, 0) is 9.19 Å². The van der Waals surface area contributed by atoms with Crippen molar-refractivity contribution in [2.24, 2.45) is 0 Å². The molecule has 0 aromatic rings. The van der Waals surface area contributed by atoms with Crippen LogP contribution in [0.5, 0.6) is 0 Å². The summed E-state index contributed by atoms with van der Waals surface area (Å²) < 4.78 is 14.3. The third-order valence-corrected chi connectivity index (χ3v) is 1.12. The third-order valence-electron chi connectivity index (χ3n) is 0.531. The zero-order chi connectivity index (χ0) is 8.20. The van der Waals surface area contributed by atoms with Gasteiger partial charge in [0.05, 0.1) is 0 Å². The van der Waals surface area contributed by atoms with Crippen LogP contribution < -0.4 is 61.8 Å². The molecule has 1 N–H and O–H groups in total. The van der Waals surface area contributed by atoms with Crippen LogP contribution in [0.25, 0.3) is 0 Å². The van der Waals surface area contributed by atoms with Gasteiger partial charge in [-0.3, -0.25) is 4.57 Å². The van der Waals surface area contributed by atoms with Crippen LogP contribution >= 0.6 is 7.60 Å². The normalized spacial score (nSPS) is 14.8. The van der Waals surface area contributed by atoms with Gasteiger partial charge in [-0.15, -0.1) is 0 Å². The molecule has 0 aromatic heterocycles. The first-order valence-corrected chi connectivity index (χ1v) is 4.19. The van der Waals surface area contributed by atoms with Gasteiger partial charge in [0.15, 0.2) is 0 Å². The van der Waals surface area contributed by atoms with Gasteiger partial charge in [0, 0.05) is 6.04 Å². The summed E-state index contributed by atoms with van der Waals surface area (Å²) >= 11 is 0. The maximum absolute atomic E-state index is 10.3. The van der Waals surface area contributed by atoms with Gasteiger partial charge in [0.1, 0.15) is 5.81 Å². The molecule has 0 saturated heterocycles. The van der Waals surface area contributed by atoms with E-state index < -0.39 is 7.60 Å². The zero-order valence-corrected chi connectivity index (χ0v) is 10.7. The molecule has 5 nitrogen and oxygen atoms in total. The van der Waals surface area contributed by atoms with Crippen molar-refractivity contribution in [3.8, 4) is 5.81 Å². The molecule has 0 heterocycles. The van der Waals surface area contributed by atoms with E-state index in [2.05, 4.69) is 10.1 Å². The fourth-order valence-electron chi connectivity index (χ4n) is 0.195. The predicted octanol–water partition coefficient (Wildman–Crippen LogP) is -3.05. The maximum atomic E-state index is 10.3. The number of nitrogens with one attached hydrogen (secondary N) is 1. The first kappa shape index (κ1) is 14.7. The van der Waals surface area contributed by atoms with Gasteiger partial charge in [0.25, 0.3) is 7.60 Å². The number of hydrogen-bond acceptors (Lipinski definition) is 5. The molecule has 0 fully saturated rings. The molecular weight excluding hydrogens is 194 g/mol. The second-order valence-corrected chi connectivity index (χ2v) is 3.34. The van der Waals surface area contributed by atoms with Gasteiger partial charge in [-0.25, -0.2) is 4.62 Å². The van der Waals surface area contributed by atoms with E-state index in [1.807, 2.05) is 0 Å². The van der Waals surface area contributed by atoms with Crippen LogP contribution in [0.15, 0.2) is 0 Å². The number of hydroxylamine groups is 1. The standard InChI is InChI=1S/C4H9N2O3P.K/c1-4(2)6-9-10(7,8)3-5;/h4,6H,1-2H3,(H,7,8);/q;+1/p-1. The molecule has 0 amide bonds. The Hall–Kier alpha value is 1.24. The molecule has 1 atom stereocenters. The van der Waals surface area contributed by atoms with E-state index in [1.165, 1.54) is 0 Å². The molecule has 0 aromatic carbocycles. The zero-order valence-electron chi connectivity index (χ0n) is 6.70. The maximum Gasteiger partial charge on any atom is 1.00 e. The van der Waals surface area contributed by atoms with Gasteiger partial charge in [0.2, 0.25) is 0 Å². The first-order chi connectivity index (χ1) is 4.48. The van der Waals surface area contributed by atoms with Gasteiger partial charge in [-0.05, 0) is 13.8 Å². The monoisotopic (exact) mass is 202 g/mol. The van der Waals surface area contributed by atoms with E-state index in [-0.39, 0.29) is 57.4 Å². The summed E-state index contributed by atoms with van der Waals surface area (Å²) in [5.74, 6) is 1.01. The van der Waals surface area contributed by atoms with E-state index >= 15 is 0 Å². The second kappa shape index (κ2) is 6.72. The Morgan fingerprint density at radius 3 is 2.45 bits per heavy atom. The average Bonchev–Trinajstić information content (AvgIpc) is 1.85. The topological polar surface area (TPSA) is 85.2 Å². The molecule has 0 aliphatic heterocycles. The van der Waals surface area contributed by atoms with E-state index in [0.717, 1.165) is 5.81 Å². The number of rotatable bonds is 3. The molecule has 0 bridgehead atoms. The summed E-state index contributed by atoms with van der Waals surface area (Å²) in [4.78, 5) is 10.3. The Kier molecular flexibility index (Phi) is 9.01. The van der Waals surface area contributed by atoms with E-state index in [4.69, 9.17) is 5.26 Å². The average molecular weight is 202 g/mol. The molecule has 7 heteroatoms. The Labute approximate surface area is 108 Å². The summed E-state index contributed by atoms with van der Waals surface area (Å²) in [7, 11) is -4.28. The minimum Gasteiger partial charge on any atom is -0.766 e. The quantitative estimate of drug-likeness (QED) is 0.298. The molecule has 58 valence electrons. The van der Waals surface area contributed by atoms with Gasteiger partial charge in [-0.1, -0.05) is 0 Å². The Morgan fingerprint density at radius 1 is 1.73 bits per heavy atom. The second-order valence-electron chi connectivity index (χ2n) is 1.96. The molecular formula is C4H8KN2O3P. The molecule has 0 aliphatic carbocycles. The molecule has 0 aliphatic rings.